The van der Waals surface area contributed by atoms with Crippen molar-refractivity contribution < 1.29 is 0 Å². The van der Waals surface area contributed by atoms with Crippen LogP contribution < -0.4 is 0 Å². The summed E-state index contributed by atoms with van der Waals surface area (Å²) in [5, 5.41) is 0. The molecule has 86 valence electrons. The molecular weight excluding hydrogens is 168 g/mol. The Balaban J connectivity index is -0.000000148. The van der Waals surface area contributed by atoms with Gasteiger partial charge < -0.3 is 0 Å². The van der Waals surface area contributed by atoms with Gasteiger partial charge >= 0.3 is 0 Å². The van der Waals surface area contributed by atoms with Crippen LogP contribution in [0.5, 0.6) is 0 Å². The van der Waals surface area contributed by atoms with Crippen LogP contribution in [0.3, 0.4) is 0 Å². The van der Waals surface area contributed by atoms with Gasteiger partial charge in [-0.2, -0.15) is 0 Å². The molecule has 0 saturated heterocycles. The lowest BCUT2D eigenvalue weighted by molar-refractivity contribution is 0.457. The van der Waals surface area contributed by atoms with Crippen molar-refractivity contribution in [2.24, 2.45) is 11.8 Å². The van der Waals surface area contributed by atoms with E-state index in [-0.39, 0.29) is 0 Å². The fraction of sp³-hybridized carbons (Fsp3) is 0.857. The smallest absolute Gasteiger partial charge is 0.00297 e. The summed E-state index contributed by atoms with van der Waals surface area (Å²) in [4.78, 5) is 0. The second kappa shape index (κ2) is 18.4. The molecule has 1 fully saturated rings. The molecule has 0 heterocycles. The van der Waals surface area contributed by atoms with Crippen LogP contribution in [0.1, 0.15) is 67.7 Å². The monoisotopic (exact) mass is 198 g/mol. The Morgan fingerprint density at radius 1 is 0.929 bits per heavy atom. The van der Waals surface area contributed by atoms with E-state index in [4.69, 9.17) is 0 Å². The summed E-state index contributed by atoms with van der Waals surface area (Å²) in [5.41, 5.74) is 0. The Hall–Kier alpha value is -0.440. The van der Waals surface area contributed by atoms with Crippen molar-refractivity contribution in [3.05, 3.63) is 0 Å². The van der Waals surface area contributed by atoms with Crippen LogP contribution in [0.15, 0.2) is 0 Å². The zero-order chi connectivity index (χ0) is 12.0. The fourth-order valence-corrected chi connectivity index (χ4v) is 1.33. The van der Waals surface area contributed by atoms with Crippen LogP contribution in [0.2, 0.25) is 0 Å². The van der Waals surface area contributed by atoms with Crippen LogP contribution >= 0.6 is 0 Å². The summed E-state index contributed by atoms with van der Waals surface area (Å²) < 4.78 is 0. The first kappa shape index (κ1) is 19.2. The topological polar surface area (TPSA) is 0 Å². The molecule has 0 radical (unpaired) electrons. The van der Waals surface area contributed by atoms with Gasteiger partial charge in [0.15, 0.2) is 0 Å². The van der Waals surface area contributed by atoms with Gasteiger partial charge in [-0.05, 0) is 18.8 Å². The Bertz CT molecular complexity index is 99.7. The molecule has 0 aromatic carbocycles. The predicted octanol–water partition coefficient (Wildman–Crippen LogP) is 5.13. The van der Waals surface area contributed by atoms with E-state index in [9.17, 15) is 0 Å². The van der Waals surface area contributed by atoms with Crippen LogP contribution in [0.25, 0.3) is 0 Å². The molecule has 0 aliphatic heterocycles. The summed E-state index contributed by atoms with van der Waals surface area (Å²) >= 11 is 0. The molecule has 1 saturated carbocycles. The minimum absolute atomic E-state index is 1.01. The molecule has 1 aliphatic rings. The highest BCUT2D eigenvalue weighted by molar-refractivity contribution is 4.73. The van der Waals surface area contributed by atoms with Gasteiger partial charge in [0.05, 0.1) is 0 Å². The molecule has 2 atom stereocenters. The second-order valence-corrected chi connectivity index (χ2v) is 3.17. The van der Waals surface area contributed by atoms with Crippen molar-refractivity contribution in [2.45, 2.75) is 67.7 Å². The first-order valence-electron chi connectivity index (χ1n) is 6.09. The van der Waals surface area contributed by atoms with Gasteiger partial charge in [-0.25, -0.2) is 0 Å². The van der Waals surface area contributed by atoms with Crippen molar-refractivity contribution in [2.75, 3.05) is 0 Å². The van der Waals surface area contributed by atoms with Gasteiger partial charge in [-0.3, -0.25) is 0 Å². The first-order valence-corrected chi connectivity index (χ1v) is 6.09. The highest BCUT2D eigenvalue weighted by Gasteiger charge is 2.17. The maximum atomic E-state index is 4.60. The predicted molar refractivity (Wildman–Crippen MR) is 69.4 cm³/mol. The van der Waals surface area contributed by atoms with E-state index >= 15 is 0 Å². The van der Waals surface area contributed by atoms with Crippen molar-refractivity contribution in [1.29, 1.82) is 0 Å². The van der Waals surface area contributed by atoms with Gasteiger partial charge in [0.1, 0.15) is 0 Å². The highest BCUT2D eigenvalue weighted by Crippen LogP contribution is 2.29. The number of hydrogen-bond donors (Lipinski definition) is 0. The Labute approximate surface area is 92.5 Å². The maximum Gasteiger partial charge on any atom is -0.00297 e. The molecule has 0 amide bonds. The molecule has 14 heavy (non-hydrogen) atoms. The molecule has 0 heteroatoms. The van der Waals surface area contributed by atoms with Gasteiger partial charge in [0, 0.05) is 0 Å². The van der Waals surface area contributed by atoms with E-state index in [1.54, 1.807) is 6.92 Å². The molecule has 0 N–H and O–H groups in total. The zero-order valence-electron chi connectivity index (χ0n) is 11.4. The second-order valence-electron chi connectivity index (χ2n) is 3.17. The minimum atomic E-state index is 1.01. The van der Waals surface area contributed by atoms with E-state index in [0.29, 0.717) is 0 Å². The molecular formula is C14H30. The van der Waals surface area contributed by atoms with Gasteiger partial charge in [-0.1, -0.05) is 60.8 Å². The Morgan fingerprint density at radius 3 is 1.21 bits per heavy atom. The molecule has 1 aliphatic carbocycles. The maximum absolute atomic E-state index is 4.60. The SMILES string of the molecule is C#CC.CC.CC.CC1CCCC1C. The lowest BCUT2D eigenvalue weighted by Gasteiger charge is -2.05. The van der Waals surface area contributed by atoms with E-state index in [1.807, 2.05) is 27.7 Å². The number of rotatable bonds is 0. The summed E-state index contributed by atoms with van der Waals surface area (Å²) in [6.07, 6.45) is 9.02. The van der Waals surface area contributed by atoms with Gasteiger partial charge in [0.2, 0.25) is 0 Å². The molecule has 0 bridgehead atoms. The lowest BCUT2D eigenvalue weighted by atomic mass is 10.0. The van der Waals surface area contributed by atoms with E-state index in [2.05, 4.69) is 26.2 Å². The van der Waals surface area contributed by atoms with Crippen LogP contribution in [0, 0.1) is 24.2 Å². The summed E-state index contributed by atoms with van der Waals surface area (Å²) in [5.74, 6) is 4.28. The number of hydrogen-bond acceptors (Lipinski definition) is 0. The third-order valence-electron chi connectivity index (χ3n) is 2.29. The highest BCUT2D eigenvalue weighted by atomic mass is 14.2. The molecule has 0 aromatic rings. The molecule has 0 spiro atoms. The zero-order valence-corrected chi connectivity index (χ0v) is 11.4. The Morgan fingerprint density at radius 2 is 1.14 bits per heavy atom. The lowest BCUT2D eigenvalue weighted by Crippen LogP contribution is -1.95. The average Bonchev–Trinajstić information content (AvgIpc) is 2.59. The molecule has 1 rings (SSSR count). The van der Waals surface area contributed by atoms with Crippen molar-refractivity contribution in [1.82, 2.24) is 0 Å². The summed E-state index contributed by atoms with van der Waals surface area (Å²) in [6.45, 7) is 14.4. The minimum Gasteiger partial charge on any atom is -0.120 e. The van der Waals surface area contributed by atoms with Crippen molar-refractivity contribution in [3.8, 4) is 12.3 Å². The Kier molecular flexibility index (Phi) is 25.2. The van der Waals surface area contributed by atoms with E-state index in [0.717, 1.165) is 11.8 Å². The van der Waals surface area contributed by atoms with Crippen molar-refractivity contribution >= 4 is 0 Å². The van der Waals surface area contributed by atoms with Gasteiger partial charge in [0.25, 0.3) is 0 Å². The summed E-state index contributed by atoms with van der Waals surface area (Å²) in [7, 11) is 0. The molecule has 0 aromatic heterocycles. The van der Waals surface area contributed by atoms with E-state index in [1.165, 1.54) is 19.3 Å². The van der Waals surface area contributed by atoms with E-state index < -0.39 is 0 Å². The van der Waals surface area contributed by atoms with Crippen LogP contribution in [-0.2, 0) is 0 Å². The normalized spacial score (nSPS) is 22.4. The number of terminal acetylenes is 1. The van der Waals surface area contributed by atoms with Crippen LogP contribution in [0.4, 0.5) is 0 Å². The van der Waals surface area contributed by atoms with Crippen molar-refractivity contribution in [3.63, 3.8) is 0 Å². The molecule has 2 unspecified atom stereocenters. The largest absolute Gasteiger partial charge is 0.120 e. The summed E-state index contributed by atoms with van der Waals surface area (Å²) in [6, 6.07) is 0. The van der Waals surface area contributed by atoms with Crippen LogP contribution in [-0.4, -0.2) is 0 Å². The third-order valence-corrected chi connectivity index (χ3v) is 2.29. The fourth-order valence-electron chi connectivity index (χ4n) is 1.33. The van der Waals surface area contributed by atoms with Gasteiger partial charge in [-0.15, -0.1) is 12.3 Å². The first-order chi connectivity index (χ1) is 6.72. The average molecular weight is 198 g/mol. The molecule has 0 nitrogen and oxygen atoms in total. The third kappa shape index (κ3) is 14.1. The quantitative estimate of drug-likeness (QED) is 0.473. The standard InChI is InChI=1S/C7H14.C3H4.2C2H6/c1-6-4-3-5-7(6)2;1-3-2;2*1-2/h6-7H,3-5H2,1-2H3;1H,2H3;2*1-2H3.